The maximum atomic E-state index is 12.0. The number of rotatable bonds is 7. The number of hydrogen-bond donors (Lipinski definition) is 3. The first kappa shape index (κ1) is 21.0. The Morgan fingerprint density at radius 2 is 1.84 bits per heavy atom. The Balaban J connectivity index is 1.50. The van der Waals surface area contributed by atoms with Gasteiger partial charge in [0, 0.05) is 36.0 Å². The topological polar surface area (TPSA) is 114 Å². The number of nitrogens with zero attached hydrogens (tertiary/aromatic N) is 3. The predicted octanol–water partition coefficient (Wildman–Crippen LogP) is 4.68. The summed E-state index contributed by atoms with van der Waals surface area (Å²) in [7, 11) is -3.11. The van der Waals surface area contributed by atoms with Crippen molar-refractivity contribution in [1.29, 1.82) is 0 Å². The molecule has 2 aromatic heterocycles. The van der Waals surface area contributed by atoms with E-state index in [9.17, 15) is 9.46 Å². The van der Waals surface area contributed by atoms with Crippen LogP contribution in [0.15, 0.2) is 67.0 Å². The number of aromatic nitrogens is 3. The molecule has 1 unspecified atom stereocenters. The number of hydrogen-bond acceptors (Lipinski definition) is 6. The first-order valence-electron chi connectivity index (χ1n) is 10.0. The molecule has 0 saturated heterocycles. The Morgan fingerprint density at radius 1 is 1.06 bits per heavy atom. The molecule has 0 aliphatic rings. The third-order valence-electron chi connectivity index (χ3n) is 5.10. The predicted molar refractivity (Wildman–Crippen MR) is 125 cm³/mol. The lowest BCUT2D eigenvalue weighted by molar-refractivity contribution is 0.478. The molecule has 1 atom stereocenters. The van der Waals surface area contributed by atoms with Crippen LogP contribution in [0.3, 0.4) is 0 Å². The van der Waals surface area contributed by atoms with E-state index in [-0.39, 0.29) is 12.3 Å². The summed E-state index contributed by atoms with van der Waals surface area (Å²) in [5.74, 6) is 0.839. The molecular weight excluding hydrogens is 409 g/mol. The number of benzene rings is 2. The molecule has 4 N–H and O–H groups in total. The fourth-order valence-electron chi connectivity index (χ4n) is 3.27. The van der Waals surface area contributed by atoms with E-state index in [1.807, 2.05) is 48.5 Å². The van der Waals surface area contributed by atoms with Crippen molar-refractivity contribution in [2.24, 2.45) is 0 Å². The van der Waals surface area contributed by atoms with E-state index in [2.05, 4.69) is 26.3 Å². The molecule has 2 heterocycles. The molecular formula is C23H24N5O2P. The summed E-state index contributed by atoms with van der Waals surface area (Å²) < 4.78 is 12.0. The second kappa shape index (κ2) is 8.84. The van der Waals surface area contributed by atoms with Gasteiger partial charge < -0.3 is 15.9 Å². The first-order valence-corrected chi connectivity index (χ1v) is 12.1. The number of nitrogens with one attached hydrogen (secondary N) is 1. The van der Waals surface area contributed by atoms with E-state index in [1.165, 1.54) is 0 Å². The Morgan fingerprint density at radius 3 is 2.61 bits per heavy atom. The lowest BCUT2D eigenvalue weighted by Crippen LogP contribution is -2.07. The highest BCUT2D eigenvalue weighted by atomic mass is 31.2. The lowest BCUT2D eigenvalue weighted by Gasteiger charge is -2.11. The van der Waals surface area contributed by atoms with E-state index < -0.39 is 7.37 Å². The minimum Gasteiger partial charge on any atom is -0.381 e. The zero-order valence-electron chi connectivity index (χ0n) is 17.2. The molecule has 0 radical (unpaired) electrons. The number of anilines is 2. The van der Waals surface area contributed by atoms with Gasteiger partial charge in [-0.25, -0.2) is 9.97 Å². The maximum Gasteiger partial charge on any atom is 0.204 e. The second-order valence-electron chi connectivity index (χ2n) is 7.39. The molecule has 0 spiro atoms. The quantitative estimate of drug-likeness (QED) is 0.363. The Bertz CT molecular complexity index is 1260. The SMILES string of the molecule is CCP(=O)(O)Cc1ccc(-c2cnc(N)c(NCc3ccc4ncccc4c3)n2)cc1. The third-order valence-corrected chi connectivity index (χ3v) is 6.95. The monoisotopic (exact) mass is 433 g/mol. The summed E-state index contributed by atoms with van der Waals surface area (Å²) in [6.07, 6.45) is 3.84. The summed E-state index contributed by atoms with van der Waals surface area (Å²) in [4.78, 5) is 23.1. The summed E-state index contributed by atoms with van der Waals surface area (Å²) in [6, 6.07) is 17.5. The van der Waals surface area contributed by atoms with Crippen LogP contribution in [0.4, 0.5) is 11.6 Å². The molecule has 31 heavy (non-hydrogen) atoms. The Hall–Kier alpha value is -3.28. The van der Waals surface area contributed by atoms with Gasteiger partial charge in [-0.05, 0) is 29.3 Å². The van der Waals surface area contributed by atoms with Crippen LogP contribution in [0.2, 0.25) is 0 Å². The van der Waals surface area contributed by atoms with Gasteiger partial charge in [-0.3, -0.25) is 9.55 Å². The van der Waals surface area contributed by atoms with Crippen molar-refractivity contribution >= 4 is 29.9 Å². The second-order valence-corrected chi connectivity index (χ2v) is 10.0. The molecule has 0 bridgehead atoms. The fraction of sp³-hybridized carbons (Fsp3) is 0.174. The van der Waals surface area contributed by atoms with Gasteiger partial charge in [-0.1, -0.05) is 43.3 Å². The zero-order valence-corrected chi connectivity index (χ0v) is 18.1. The van der Waals surface area contributed by atoms with Crippen molar-refractivity contribution in [3.05, 3.63) is 78.1 Å². The molecule has 7 nitrogen and oxygen atoms in total. The van der Waals surface area contributed by atoms with Crippen LogP contribution in [0.1, 0.15) is 18.1 Å². The molecule has 0 saturated carbocycles. The number of pyridine rings is 1. The van der Waals surface area contributed by atoms with Gasteiger partial charge in [-0.15, -0.1) is 0 Å². The van der Waals surface area contributed by atoms with Crippen molar-refractivity contribution in [3.8, 4) is 11.3 Å². The zero-order chi connectivity index (χ0) is 21.8. The Kier molecular flexibility index (Phi) is 5.98. The Labute approximate surface area is 180 Å². The molecule has 4 rings (SSSR count). The molecule has 158 valence electrons. The molecule has 0 fully saturated rings. The minimum absolute atomic E-state index is 0.172. The third kappa shape index (κ3) is 5.08. The van der Waals surface area contributed by atoms with Crippen LogP contribution in [0.25, 0.3) is 22.2 Å². The molecule has 0 aliphatic heterocycles. The van der Waals surface area contributed by atoms with Crippen LogP contribution in [-0.4, -0.2) is 26.0 Å². The summed E-state index contributed by atoms with van der Waals surface area (Å²) in [5, 5.41) is 4.34. The van der Waals surface area contributed by atoms with Crippen LogP contribution < -0.4 is 11.1 Å². The number of fused-ring (bicyclic) bond motifs is 1. The first-order chi connectivity index (χ1) is 14.9. The van der Waals surface area contributed by atoms with E-state index in [1.54, 1.807) is 19.3 Å². The highest BCUT2D eigenvalue weighted by Gasteiger charge is 2.16. The summed E-state index contributed by atoms with van der Waals surface area (Å²) in [5.41, 5.74) is 10.4. The average Bonchev–Trinajstić information content (AvgIpc) is 2.79. The van der Waals surface area contributed by atoms with Crippen LogP contribution in [0, 0.1) is 0 Å². The highest BCUT2D eigenvalue weighted by molar-refractivity contribution is 7.57. The van der Waals surface area contributed by atoms with E-state index >= 15 is 0 Å². The molecule has 0 amide bonds. The largest absolute Gasteiger partial charge is 0.381 e. The fourth-order valence-corrected chi connectivity index (χ4v) is 4.27. The van der Waals surface area contributed by atoms with Gasteiger partial charge in [0.1, 0.15) is 0 Å². The van der Waals surface area contributed by atoms with Crippen LogP contribution >= 0.6 is 7.37 Å². The van der Waals surface area contributed by atoms with Crippen molar-refractivity contribution in [2.45, 2.75) is 19.6 Å². The van der Waals surface area contributed by atoms with Crippen LogP contribution in [-0.2, 0) is 17.3 Å². The van der Waals surface area contributed by atoms with Gasteiger partial charge in [0.05, 0.1) is 17.4 Å². The average molecular weight is 433 g/mol. The van der Waals surface area contributed by atoms with Crippen molar-refractivity contribution in [1.82, 2.24) is 15.0 Å². The standard InChI is InChI=1S/C23H24N5O2P/c1-2-31(29,30)15-16-5-8-18(9-6-16)21-14-26-22(24)23(28-21)27-13-17-7-10-20-19(12-17)4-3-11-25-20/h3-12,14H,2,13,15H2,1H3,(H2,24,26)(H,27,28)(H,29,30). The van der Waals surface area contributed by atoms with Gasteiger partial charge >= 0.3 is 0 Å². The van der Waals surface area contributed by atoms with Gasteiger partial charge in [0.25, 0.3) is 0 Å². The van der Waals surface area contributed by atoms with E-state index in [4.69, 9.17) is 5.73 Å². The lowest BCUT2D eigenvalue weighted by atomic mass is 10.1. The normalized spacial score (nSPS) is 13.1. The molecule has 4 aromatic rings. The summed E-state index contributed by atoms with van der Waals surface area (Å²) >= 11 is 0. The molecule has 2 aromatic carbocycles. The minimum atomic E-state index is -3.11. The molecule has 0 aliphatic carbocycles. The van der Waals surface area contributed by atoms with Crippen molar-refractivity contribution in [3.63, 3.8) is 0 Å². The number of nitrogen functional groups attached to an aromatic ring is 1. The smallest absolute Gasteiger partial charge is 0.204 e. The highest BCUT2D eigenvalue weighted by Crippen LogP contribution is 2.43. The molecule has 8 heteroatoms. The van der Waals surface area contributed by atoms with E-state index in [0.29, 0.717) is 23.9 Å². The van der Waals surface area contributed by atoms with Gasteiger partial charge in [0.2, 0.25) is 7.37 Å². The van der Waals surface area contributed by atoms with Crippen molar-refractivity contribution < 1.29 is 9.46 Å². The summed E-state index contributed by atoms with van der Waals surface area (Å²) in [6.45, 7) is 2.28. The van der Waals surface area contributed by atoms with Crippen molar-refractivity contribution in [2.75, 3.05) is 17.2 Å². The maximum absolute atomic E-state index is 12.0. The van der Waals surface area contributed by atoms with Gasteiger partial charge in [0.15, 0.2) is 11.6 Å². The number of nitrogens with two attached hydrogens (primary N) is 1. The van der Waals surface area contributed by atoms with E-state index in [0.717, 1.165) is 27.6 Å². The van der Waals surface area contributed by atoms with Gasteiger partial charge in [-0.2, -0.15) is 0 Å². The van der Waals surface area contributed by atoms with Crippen LogP contribution in [0.5, 0.6) is 0 Å².